The zero-order chi connectivity index (χ0) is 10.6. The molecule has 2 unspecified atom stereocenters. The molecule has 2 atom stereocenters. The minimum Gasteiger partial charge on any atom is -0.591 e. The van der Waals surface area contributed by atoms with Crippen LogP contribution in [0.2, 0.25) is 0 Å². The fraction of sp³-hybridized carbons (Fsp3) is 0.333. The Labute approximate surface area is 132 Å². The van der Waals surface area contributed by atoms with Gasteiger partial charge in [-0.25, -0.2) is 0 Å². The van der Waals surface area contributed by atoms with Crippen LogP contribution in [-0.2, 0) is 11.0 Å². The number of benzene rings is 1. The topological polar surface area (TPSA) is 80.6 Å². The second-order valence-corrected chi connectivity index (χ2v) is 3.92. The maximum atomic E-state index is 10.8. The maximum absolute atomic E-state index is 10.8. The van der Waals surface area contributed by atoms with Crippen molar-refractivity contribution in [3.8, 4) is 0 Å². The maximum Gasteiger partial charge on any atom is 1.00 e. The number of rotatable bonds is 4. The van der Waals surface area contributed by atoms with Crippen LogP contribution in [0.15, 0.2) is 24.3 Å². The quantitative estimate of drug-likeness (QED) is 0.428. The molecule has 0 spiro atoms. The van der Waals surface area contributed by atoms with Crippen molar-refractivity contribution in [1.82, 2.24) is 0 Å². The average Bonchev–Trinajstić information content (AvgIpc) is 2.18. The van der Waals surface area contributed by atoms with Gasteiger partial charge in [0.1, 0.15) is 0 Å². The van der Waals surface area contributed by atoms with E-state index in [4.69, 9.17) is 5.11 Å². The first kappa shape index (κ1) is 15.8. The molecule has 0 saturated carbocycles. The van der Waals surface area contributed by atoms with E-state index >= 15 is 0 Å². The van der Waals surface area contributed by atoms with Crippen LogP contribution >= 0.6 is 8.03 Å². The van der Waals surface area contributed by atoms with Gasteiger partial charge in [0.25, 0.3) is 0 Å². The van der Waals surface area contributed by atoms with Gasteiger partial charge in [0, 0.05) is 12.0 Å². The van der Waals surface area contributed by atoms with Gasteiger partial charge in [0.2, 0.25) is 0 Å². The van der Waals surface area contributed by atoms with Gasteiger partial charge in [0.05, 0.1) is 12.7 Å². The predicted molar refractivity (Wildman–Crippen MR) is 50.5 cm³/mol. The molecule has 76 valence electrons. The summed E-state index contributed by atoms with van der Waals surface area (Å²) >= 11 is 0. The third-order valence-electron chi connectivity index (χ3n) is 1.85. The molecule has 6 heteroatoms. The number of aliphatic hydroxyl groups is 2. The van der Waals surface area contributed by atoms with Crippen LogP contribution in [-0.4, -0.2) is 22.9 Å². The standard InChI is InChI=1S/C9H11O4P.K/c10-6-8(11)5-7-3-1-2-4-9(7)14(12)13;/h1-4,8,10-11H,5-6H2;/q;+1. The Morgan fingerprint density at radius 3 is 2.53 bits per heavy atom. The van der Waals surface area contributed by atoms with E-state index in [-0.39, 0.29) is 69.7 Å². The predicted octanol–water partition coefficient (Wildman–Crippen LogP) is -3.69. The zero-order valence-corrected chi connectivity index (χ0v) is 12.5. The summed E-state index contributed by atoms with van der Waals surface area (Å²) in [5, 5.41) is 18.0. The summed E-state index contributed by atoms with van der Waals surface area (Å²) in [6.45, 7) is -0.371. The Morgan fingerprint density at radius 1 is 1.40 bits per heavy atom. The molecule has 0 aliphatic rings. The van der Waals surface area contributed by atoms with Crippen LogP contribution < -0.4 is 61.6 Å². The van der Waals surface area contributed by atoms with Crippen molar-refractivity contribution in [1.29, 1.82) is 0 Å². The number of hydrogen-bond donors (Lipinski definition) is 2. The third-order valence-corrected chi connectivity index (χ3v) is 2.68. The largest absolute Gasteiger partial charge is 1.00 e. The summed E-state index contributed by atoms with van der Waals surface area (Å²) in [7, 11) is -2.64. The molecular weight excluding hydrogens is 242 g/mol. The molecule has 0 bridgehead atoms. The van der Waals surface area contributed by atoms with E-state index < -0.39 is 14.1 Å². The summed E-state index contributed by atoms with van der Waals surface area (Å²) in [5.41, 5.74) is 0.533. The van der Waals surface area contributed by atoms with Gasteiger partial charge >= 0.3 is 59.4 Å². The van der Waals surface area contributed by atoms with E-state index in [0.29, 0.717) is 5.56 Å². The van der Waals surface area contributed by atoms with Gasteiger partial charge in [-0.2, -0.15) is 0 Å². The molecule has 1 aromatic rings. The molecule has 0 saturated heterocycles. The Bertz CT molecular complexity index is 332. The SMILES string of the molecule is O=[P+]([O-])c1ccccc1CC(O)CO.[K+]. The summed E-state index contributed by atoms with van der Waals surface area (Å²) < 4.78 is 10.8. The van der Waals surface area contributed by atoms with E-state index in [1.54, 1.807) is 18.2 Å². The fourth-order valence-electron chi connectivity index (χ4n) is 1.18. The van der Waals surface area contributed by atoms with Gasteiger partial charge in [-0.05, 0) is 6.07 Å². The van der Waals surface area contributed by atoms with Gasteiger partial charge < -0.3 is 15.1 Å². The number of aliphatic hydroxyl groups excluding tert-OH is 2. The zero-order valence-electron chi connectivity index (χ0n) is 8.46. The Balaban J connectivity index is 0.00000196. The van der Waals surface area contributed by atoms with Crippen molar-refractivity contribution in [2.75, 3.05) is 6.61 Å². The molecule has 4 nitrogen and oxygen atoms in total. The fourth-order valence-corrected chi connectivity index (χ4v) is 1.79. The molecule has 0 radical (unpaired) electrons. The number of hydrogen-bond acceptors (Lipinski definition) is 4. The van der Waals surface area contributed by atoms with Gasteiger partial charge in [-0.3, -0.25) is 0 Å². The molecule has 1 aromatic carbocycles. The van der Waals surface area contributed by atoms with Crippen LogP contribution in [0.4, 0.5) is 0 Å². The average molecular weight is 253 g/mol. The molecule has 0 aromatic heterocycles. The summed E-state index contributed by atoms with van der Waals surface area (Å²) in [4.78, 5) is 10.8. The van der Waals surface area contributed by atoms with E-state index in [9.17, 15) is 14.6 Å². The van der Waals surface area contributed by atoms with Gasteiger partial charge in [0.15, 0.2) is 5.30 Å². The Morgan fingerprint density at radius 2 is 2.00 bits per heavy atom. The van der Waals surface area contributed by atoms with Crippen LogP contribution in [0, 0.1) is 0 Å². The van der Waals surface area contributed by atoms with E-state index in [1.807, 2.05) is 0 Å². The van der Waals surface area contributed by atoms with E-state index in [0.717, 1.165) is 0 Å². The monoisotopic (exact) mass is 253 g/mol. The molecule has 0 fully saturated rings. The van der Waals surface area contributed by atoms with Crippen LogP contribution in [0.25, 0.3) is 0 Å². The molecular formula is C9H11KO4P+. The van der Waals surface area contributed by atoms with Crippen molar-refractivity contribution >= 4 is 13.3 Å². The molecule has 0 aliphatic heterocycles. The van der Waals surface area contributed by atoms with Crippen molar-refractivity contribution < 1.29 is 71.1 Å². The van der Waals surface area contributed by atoms with E-state index in [2.05, 4.69) is 0 Å². The summed E-state index contributed by atoms with van der Waals surface area (Å²) in [6, 6.07) is 6.42. The first-order valence-electron chi connectivity index (χ1n) is 4.16. The van der Waals surface area contributed by atoms with Crippen molar-refractivity contribution in [3.63, 3.8) is 0 Å². The third kappa shape index (κ3) is 5.13. The molecule has 15 heavy (non-hydrogen) atoms. The van der Waals surface area contributed by atoms with Crippen LogP contribution in [0.5, 0.6) is 0 Å². The van der Waals surface area contributed by atoms with Gasteiger partial charge in [-0.1, -0.05) is 22.8 Å². The van der Waals surface area contributed by atoms with Gasteiger partial charge in [-0.15, -0.1) is 0 Å². The minimum atomic E-state index is -2.64. The minimum absolute atomic E-state index is 0. The van der Waals surface area contributed by atoms with E-state index in [1.165, 1.54) is 6.07 Å². The Kier molecular flexibility index (Phi) is 8.45. The van der Waals surface area contributed by atoms with Crippen LogP contribution in [0.1, 0.15) is 5.56 Å². The first-order chi connectivity index (χ1) is 6.65. The van der Waals surface area contributed by atoms with Crippen molar-refractivity contribution in [2.45, 2.75) is 12.5 Å². The molecule has 0 heterocycles. The Hall–Kier alpha value is 0.836. The first-order valence-corrected chi connectivity index (χ1v) is 5.34. The molecule has 0 aliphatic carbocycles. The molecule has 2 N–H and O–H groups in total. The second kappa shape index (κ2) is 8.01. The van der Waals surface area contributed by atoms with Crippen molar-refractivity contribution in [2.24, 2.45) is 0 Å². The molecule has 1 rings (SSSR count). The smallest absolute Gasteiger partial charge is 0.591 e. The summed E-state index contributed by atoms with van der Waals surface area (Å²) in [6.07, 6.45) is -0.762. The van der Waals surface area contributed by atoms with Crippen LogP contribution in [0.3, 0.4) is 0 Å². The summed E-state index contributed by atoms with van der Waals surface area (Å²) in [5.74, 6) is 0. The molecule has 0 amide bonds. The normalized spacial score (nSPS) is 12.9. The second-order valence-electron chi connectivity index (χ2n) is 2.93. The van der Waals surface area contributed by atoms with Crippen molar-refractivity contribution in [3.05, 3.63) is 29.8 Å².